The first-order valence-electron chi connectivity index (χ1n) is 13.6. The van der Waals surface area contributed by atoms with Crippen LogP contribution in [-0.4, -0.2) is 65.1 Å². The van der Waals surface area contributed by atoms with Gasteiger partial charge in [-0.1, -0.05) is 38.1 Å². The molecule has 0 fully saturated rings. The number of hydrogen-bond acceptors (Lipinski definition) is 10. The summed E-state index contributed by atoms with van der Waals surface area (Å²) >= 11 is 0. The van der Waals surface area contributed by atoms with E-state index in [2.05, 4.69) is 5.32 Å². The molecule has 1 aliphatic heterocycles. The summed E-state index contributed by atoms with van der Waals surface area (Å²) in [6.07, 6.45) is 1.20. The molecule has 4 rings (SSSR count). The number of carbonyl (C=O) groups is 5. The van der Waals surface area contributed by atoms with Crippen molar-refractivity contribution in [2.75, 3.05) is 6.54 Å². The van der Waals surface area contributed by atoms with Crippen LogP contribution in [0.2, 0.25) is 0 Å². The van der Waals surface area contributed by atoms with E-state index in [4.69, 9.17) is 4.42 Å². The third kappa shape index (κ3) is 8.34. The number of nitrogens with zero attached hydrogens (tertiary/aromatic N) is 1. The predicted octanol–water partition coefficient (Wildman–Crippen LogP) is -0.822. The molecule has 0 aliphatic carbocycles. The molecule has 1 unspecified atom stereocenters. The number of hydroxylamine groups is 1. The Hall–Kier alpha value is -3.66. The van der Waals surface area contributed by atoms with Crippen molar-refractivity contribution in [1.29, 1.82) is 0 Å². The normalized spacial score (nSPS) is 14.7. The van der Waals surface area contributed by atoms with Crippen LogP contribution in [0, 0.1) is 17.8 Å². The Labute approximate surface area is 281 Å². The summed E-state index contributed by atoms with van der Waals surface area (Å²) in [5, 5.41) is 12.2. The van der Waals surface area contributed by atoms with E-state index in [1.807, 2.05) is 0 Å². The summed E-state index contributed by atoms with van der Waals surface area (Å²) in [5.41, 5.74) is 2.22. The quantitative estimate of drug-likeness (QED) is 0.0525. The Morgan fingerprint density at radius 3 is 2.00 bits per heavy atom. The van der Waals surface area contributed by atoms with Crippen molar-refractivity contribution < 1.29 is 76.1 Å². The number of carbonyl (C=O) groups excluding carboxylic acids is 5. The van der Waals surface area contributed by atoms with Crippen LogP contribution in [0.15, 0.2) is 76.2 Å². The zero-order valence-corrected chi connectivity index (χ0v) is 27.6. The first-order chi connectivity index (χ1) is 20.8. The SMILES string of the molecule is CC(C)C[C@H](C(=O)N[C@@H](Cc1ccc(S(=O)(=O)[O-])cc1)C(=O)c1ccco1)C(CN1C(=O)c2ccccc2C1=O)C(=O)NO.[Na+]. The minimum Gasteiger partial charge on any atom is -0.744 e. The van der Waals surface area contributed by atoms with Gasteiger partial charge in [0.15, 0.2) is 5.76 Å². The summed E-state index contributed by atoms with van der Waals surface area (Å²) < 4.78 is 39.2. The van der Waals surface area contributed by atoms with Crippen LogP contribution in [0.1, 0.15) is 57.1 Å². The fourth-order valence-electron chi connectivity index (χ4n) is 5.15. The molecular weight excluding hydrogens is 617 g/mol. The van der Waals surface area contributed by atoms with Crippen molar-refractivity contribution in [2.24, 2.45) is 17.8 Å². The fourth-order valence-corrected chi connectivity index (χ4v) is 5.62. The average Bonchev–Trinajstić information content (AvgIpc) is 3.61. The smallest absolute Gasteiger partial charge is 0.744 e. The van der Waals surface area contributed by atoms with Gasteiger partial charge in [-0.3, -0.25) is 34.1 Å². The molecule has 2 aromatic carbocycles. The number of benzene rings is 2. The number of hydrogen-bond donors (Lipinski definition) is 3. The van der Waals surface area contributed by atoms with Crippen LogP contribution in [-0.2, 0) is 26.1 Å². The van der Waals surface area contributed by atoms with Crippen molar-refractivity contribution in [1.82, 2.24) is 15.7 Å². The summed E-state index contributed by atoms with van der Waals surface area (Å²) in [6, 6.07) is 12.5. The second-order valence-corrected chi connectivity index (χ2v) is 12.2. The van der Waals surface area contributed by atoms with E-state index in [9.17, 15) is 42.2 Å². The molecule has 0 saturated heterocycles. The van der Waals surface area contributed by atoms with Crippen LogP contribution in [0.5, 0.6) is 0 Å². The number of amides is 4. The van der Waals surface area contributed by atoms with E-state index in [1.54, 1.807) is 26.0 Å². The maximum Gasteiger partial charge on any atom is 1.00 e. The molecule has 15 heteroatoms. The fraction of sp³-hybridized carbons (Fsp3) is 0.300. The molecule has 1 aromatic heterocycles. The van der Waals surface area contributed by atoms with Crippen LogP contribution in [0.25, 0.3) is 0 Å². The number of Topliss-reactive ketones (excluding diaryl/α,β-unsaturated/α-hetero) is 1. The molecule has 13 nitrogen and oxygen atoms in total. The van der Waals surface area contributed by atoms with Gasteiger partial charge in [0.1, 0.15) is 10.1 Å². The monoisotopic (exact) mass is 647 g/mol. The van der Waals surface area contributed by atoms with Crippen molar-refractivity contribution in [3.8, 4) is 0 Å². The van der Waals surface area contributed by atoms with Gasteiger partial charge < -0.3 is 14.3 Å². The minimum atomic E-state index is -4.71. The minimum absolute atomic E-state index is 0. The van der Waals surface area contributed by atoms with Gasteiger partial charge in [0.2, 0.25) is 17.6 Å². The Bertz CT molecular complexity index is 1640. The van der Waals surface area contributed by atoms with E-state index in [0.29, 0.717) is 5.56 Å². The van der Waals surface area contributed by atoms with E-state index in [1.165, 1.54) is 48.1 Å². The van der Waals surface area contributed by atoms with Gasteiger partial charge in [-0.05, 0) is 54.3 Å². The number of imide groups is 1. The predicted molar refractivity (Wildman–Crippen MR) is 151 cm³/mol. The van der Waals surface area contributed by atoms with E-state index in [-0.39, 0.29) is 65.2 Å². The van der Waals surface area contributed by atoms with Crippen LogP contribution in [0.4, 0.5) is 0 Å². The van der Waals surface area contributed by atoms with Crippen molar-refractivity contribution in [3.63, 3.8) is 0 Å². The van der Waals surface area contributed by atoms with Gasteiger partial charge in [0, 0.05) is 13.0 Å². The number of ketones is 1. The zero-order chi connectivity index (χ0) is 32.2. The first-order valence-corrected chi connectivity index (χ1v) is 15.0. The van der Waals surface area contributed by atoms with Gasteiger partial charge in [-0.15, -0.1) is 0 Å². The summed E-state index contributed by atoms with van der Waals surface area (Å²) in [6.45, 7) is 3.05. The molecule has 0 spiro atoms. The molecule has 4 amide bonds. The van der Waals surface area contributed by atoms with Gasteiger partial charge in [0.25, 0.3) is 11.8 Å². The second kappa shape index (κ2) is 15.1. The maximum atomic E-state index is 13.9. The molecule has 1 aliphatic rings. The Kier molecular flexibility index (Phi) is 12.0. The van der Waals surface area contributed by atoms with E-state index < -0.39 is 68.8 Å². The molecule has 45 heavy (non-hydrogen) atoms. The topological polar surface area (TPSA) is 203 Å². The summed E-state index contributed by atoms with van der Waals surface area (Å²) in [5.74, 6) is -6.59. The Balaban J connectivity index is 0.00000552. The Morgan fingerprint density at radius 2 is 1.51 bits per heavy atom. The van der Waals surface area contributed by atoms with Gasteiger partial charge in [0.05, 0.1) is 40.2 Å². The molecule has 2 heterocycles. The van der Waals surface area contributed by atoms with Crippen LogP contribution < -0.4 is 40.4 Å². The van der Waals surface area contributed by atoms with Gasteiger partial charge in [-0.2, -0.15) is 0 Å². The summed E-state index contributed by atoms with van der Waals surface area (Å²) in [4.78, 5) is 66.8. The number of rotatable bonds is 13. The molecule has 0 radical (unpaired) electrons. The number of furan rings is 1. The second-order valence-electron chi connectivity index (χ2n) is 10.8. The first kappa shape index (κ1) is 35.8. The third-order valence-electron chi connectivity index (χ3n) is 7.30. The molecule has 3 atom stereocenters. The summed E-state index contributed by atoms with van der Waals surface area (Å²) in [7, 11) is -4.71. The van der Waals surface area contributed by atoms with E-state index >= 15 is 0 Å². The molecule has 3 aromatic rings. The molecule has 3 N–H and O–H groups in total. The molecule has 0 saturated carbocycles. The van der Waals surface area contributed by atoms with Crippen molar-refractivity contribution in [3.05, 3.63) is 89.4 Å². The van der Waals surface area contributed by atoms with Crippen LogP contribution in [0.3, 0.4) is 0 Å². The Morgan fingerprint density at radius 1 is 0.911 bits per heavy atom. The number of nitrogens with one attached hydrogen (secondary N) is 2. The standard InChI is InChI=1S/C30H31N3O10S.Na/c1-17(2)14-22(23(28(36)32-39)16-33-29(37)20-6-3-4-7-21(20)30(33)38)27(35)31-24(26(34)25-8-5-13-43-25)15-18-9-11-19(12-10-18)44(40,41)42;/h3-13,17,22-24,39H,14-16H2,1-2H3,(H,31,35)(H,32,36)(H,40,41,42);/q;+1/p-1/t22-,23?,24-;/m0./s1. The molecule has 232 valence electrons. The van der Waals surface area contributed by atoms with Gasteiger partial charge in [-0.25, -0.2) is 13.9 Å². The maximum absolute atomic E-state index is 13.9. The van der Waals surface area contributed by atoms with Gasteiger partial charge >= 0.3 is 29.6 Å². The number of fused-ring (bicyclic) bond motifs is 1. The molecular formula is C30H30N3NaO10S. The van der Waals surface area contributed by atoms with E-state index in [0.717, 1.165) is 17.0 Å². The van der Waals surface area contributed by atoms with Crippen molar-refractivity contribution in [2.45, 2.75) is 37.6 Å². The largest absolute Gasteiger partial charge is 1.00 e. The van der Waals surface area contributed by atoms with Crippen LogP contribution >= 0.6 is 0 Å². The average molecular weight is 648 g/mol. The zero-order valence-electron chi connectivity index (χ0n) is 24.8. The molecule has 0 bridgehead atoms. The third-order valence-corrected chi connectivity index (χ3v) is 8.15. The van der Waals surface area contributed by atoms with Crippen molar-refractivity contribution >= 4 is 39.5 Å².